The van der Waals surface area contributed by atoms with E-state index in [0.29, 0.717) is 12.0 Å². The molecule has 1 aromatic rings. The zero-order valence-electron chi connectivity index (χ0n) is 9.59. The molecule has 16 heavy (non-hydrogen) atoms. The fourth-order valence-corrected chi connectivity index (χ4v) is 4.38. The van der Waals surface area contributed by atoms with Crippen LogP contribution in [0.1, 0.15) is 37.8 Å². The van der Waals surface area contributed by atoms with Crippen molar-refractivity contribution in [3.63, 3.8) is 0 Å². The lowest BCUT2D eigenvalue weighted by atomic mass is 9.87. The fourth-order valence-electron chi connectivity index (χ4n) is 2.83. The molecule has 1 aliphatic rings. The summed E-state index contributed by atoms with van der Waals surface area (Å²) in [6.07, 6.45) is 3.95. The molecule has 0 aliphatic heterocycles. The molecule has 1 N–H and O–H groups in total. The Morgan fingerprint density at radius 3 is 2.62 bits per heavy atom. The summed E-state index contributed by atoms with van der Waals surface area (Å²) in [6.45, 7) is 2.34. The van der Waals surface area contributed by atoms with Crippen LogP contribution in [0.2, 0.25) is 8.67 Å². The van der Waals surface area contributed by atoms with E-state index in [0.717, 1.165) is 14.6 Å². The molecule has 0 bridgehead atoms. The summed E-state index contributed by atoms with van der Waals surface area (Å²) in [5.41, 5.74) is 1.18. The molecule has 3 unspecified atom stereocenters. The summed E-state index contributed by atoms with van der Waals surface area (Å²) in [6, 6.07) is 2.37. The smallest absolute Gasteiger partial charge is 0.0992 e. The first-order valence-corrected chi connectivity index (χ1v) is 7.32. The Morgan fingerprint density at radius 1 is 1.44 bits per heavy atom. The van der Waals surface area contributed by atoms with Gasteiger partial charge in [0.25, 0.3) is 0 Å². The van der Waals surface area contributed by atoms with Crippen molar-refractivity contribution in [1.82, 2.24) is 5.32 Å². The van der Waals surface area contributed by atoms with Crippen molar-refractivity contribution in [3.8, 4) is 0 Å². The molecule has 4 heteroatoms. The highest BCUT2D eigenvalue weighted by molar-refractivity contribution is 7.20. The van der Waals surface area contributed by atoms with Crippen LogP contribution < -0.4 is 5.32 Å². The van der Waals surface area contributed by atoms with E-state index in [1.807, 2.05) is 13.1 Å². The predicted molar refractivity (Wildman–Crippen MR) is 72.6 cm³/mol. The zero-order chi connectivity index (χ0) is 11.7. The van der Waals surface area contributed by atoms with Gasteiger partial charge in [-0.3, -0.25) is 0 Å². The van der Waals surface area contributed by atoms with Crippen molar-refractivity contribution in [2.75, 3.05) is 7.05 Å². The van der Waals surface area contributed by atoms with E-state index in [4.69, 9.17) is 23.2 Å². The zero-order valence-corrected chi connectivity index (χ0v) is 11.9. The molecule has 1 nitrogen and oxygen atoms in total. The molecule has 1 aromatic heterocycles. The van der Waals surface area contributed by atoms with Crippen LogP contribution in [0.3, 0.4) is 0 Å². The molecule has 1 fully saturated rings. The first-order valence-electron chi connectivity index (χ1n) is 5.75. The maximum Gasteiger partial charge on any atom is 0.0992 e. The maximum atomic E-state index is 6.24. The van der Waals surface area contributed by atoms with Gasteiger partial charge in [0.15, 0.2) is 0 Å². The second-order valence-corrected chi connectivity index (χ2v) is 6.90. The van der Waals surface area contributed by atoms with Gasteiger partial charge in [-0.25, -0.2) is 0 Å². The van der Waals surface area contributed by atoms with Crippen LogP contribution in [-0.2, 0) is 0 Å². The molecule has 1 aliphatic carbocycles. The molecule has 2 rings (SSSR count). The van der Waals surface area contributed by atoms with E-state index in [1.165, 1.54) is 36.2 Å². The number of nitrogens with one attached hydrogen (secondary N) is 1. The van der Waals surface area contributed by atoms with Crippen molar-refractivity contribution < 1.29 is 0 Å². The number of rotatable bonds is 3. The summed E-state index contributed by atoms with van der Waals surface area (Å²) in [5.74, 6) is 1.46. The Labute approximate surface area is 111 Å². The van der Waals surface area contributed by atoms with Gasteiger partial charge in [0.1, 0.15) is 0 Å². The van der Waals surface area contributed by atoms with Crippen LogP contribution in [0.4, 0.5) is 0 Å². The minimum absolute atomic E-state index is 0.355. The van der Waals surface area contributed by atoms with Gasteiger partial charge >= 0.3 is 0 Å². The highest BCUT2D eigenvalue weighted by Crippen LogP contribution is 2.44. The Kier molecular flexibility index (Phi) is 4.17. The standard InChI is InChI=1S/C12H17Cl2NS/c1-7-4-3-5-8(7)11(15-2)9-6-10(13)16-12(9)14/h6-8,11,15H,3-5H2,1-2H3. The average Bonchev–Trinajstić information content (AvgIpc) is 2.77. The van der Waals surface area contributed by atoms with Gasteiger partial charge in [-0.15, -0.1) is 11.3 Å². The molecular weight excluding hydrogens is 261 g/mol. The fraction of sp³-hybridized carbons (Fsp3) is 0.667. The van der Waals surface area contributed by atoms with Crippen LogP contribution in [0.5, 0.6) is 0 Å². The lowest BCUT2D eigenvalue weighted by Crippen LogP contribution is -2.26. The summed E-state index contributed by atoms with van der Waals surface area (Å²) >= 11 is 13.7. The van der Waals surface area contributed by atoms with Crippen LogP contribution >= 0.6 is 34.5 Å². The monoisotopic (exact) mass is 277 g/mol. The third-order valence-electron chi connectivity index (χ3n) is 3.69. The van der Waals surface area contributed by atoms with Gasteiger partial charge < -0.3 is 5.32 Å². The number of halogens is 2. The lowest BCUT2D eigenvalue weighted by molar-refractivity contribution is 0.316. The summed E-state index contributed by atoms with van der Waals surface area (Å²) in [7, 11) is 2.01. The quantitative estimate of drug-likeness (QED) is 0.841. The molecule has 0 spiro atoms. The third kappa shape index (κ3) is 2.40. The largest absolute Gasteiger partial charge is 0.313 e. The average molecular weight is 278 g/mol. The highest BCUT2D eigenvalue weighted by Gasteiger charge is 2.32. The molecule has 3 atom stereocenters. The van der Waals surface area contributed by atoms with Gasteiger partial charge in [0, 0.05) is 11.6 Å². The summed E-state index contributed by atoms with van der Waals surface area (Å²) < 4.78 is 1.62. The van der Waals surface area contributed by atoms with Crippen molar-refractivity contribution in [2.24, 2.45) is 11.8 Å². The van der Waals surface area contributed by atoms with E-state index in [2.05, 4.69) is 12.2 Å². The van der Waals surface area contributed by atoms with E-state index in [-0.39, 0.29) is 0 Å². The SMILES string of the molecule is CNC(c1cc(Cl)sc1Cl)C1CCCC1C. The number of thiophene rings is 1. The van der Waals surface area contributed by atoms with Crippen molar-refractivity contribution in [1.29, 1.82) is 0 Å². The van der Waals surface area contributed by atoms with Crippen LogP contribution in [0.15, 0.2) is 6.07 Å². The van der Waals surface area contributed by atoms with Gasteiger partial charge in [-0.2, -0.15) is 0 Å². The number of hydrogen-bond donors (Lipinski definition) is 1. The minimum atomic E-state index is 0.355. The van der Waals surface area contributed by atoms with Gasteiger partial charge in [0.05, 0.1) is 8.67 Å². The van der Waals surface area contributed by atoms with Crippen LogP contribution in [-0.4, -0.2) is 7.05 Å². The first-order chi connectivity index (χ1) is 7.63. The summed E-state index contributed by atoms with van der Waals surface area (Å²) in [4.78, 5) is 0. The Hall–Kier alpha value is 0.240. The molecule has 0 radical (unpaired) electrons. The highest BCUT2D eigenvalue weighted by atomic mass is 35.5. The van der Waals surface area contributed by atoms with E-state index in [9.17, 15) is 0 Å². The van der Waals surface area contributed by atoms with Gasteiger partial charge in [-0.05, 0) is 31.4 Å². The lowest BCUT2D eigenvalue weighted by Gasteiger charge is -2.26. The van der Waals surface area contributed by atoms with Gasteiger partial charge in [0.2, 0.25) is 0 Å². The van der Waals surface area contributed by atoms with Crippen molar-refractivity contribution in [2.45, 2.75) is 32.2 Å². The van der Waals surface area contributed by atoms with E-state index >= 15 is 0 Å². The van der Waals surface area contributed by atoms with Crippen molar-refractivity contribution >= 4 is 34.5 Å². The molecule has 0 aromatic carbocycles. The predicted octanol–water partition coefficient (Wildman–Crippen LogP) is 4.75. The van der Waals surface area contributed by atoms with Crippen LogP contribution in [0.25, 0.3) is 0 Å². The van der Waals surface area contributed by atoms with Gasteiger partial charge in [-0.1, -0.05) is 43.0 Å². The topological polar surface area (TPSA) is 12.0 Å². The van der Waals surface area contributed by atoms with E-state index < -0.39 is 0 Å². The first kappa shape index (κ1) is 12.7. The third-order valence-corrected chi connectivity index (χ3v) is 5.20. The van der Waals surface area contributed by atoms with E-state index in [1.54, 1.807) is 0 Å². The maximum absolute atomic E-state index is 6.24. The Balaban J connectivity index is 2.25. The molecule has 0 saturated heterocycles. The molecule has 0 amide bonds. The number of hydrogen-bond acceptors (Lipinski definition) is 2. The Morgan fingerprint density at radius 2 is 2.19 bits per heavy atom. The minimum Gasteiger partial charge on any atom is -0.313 e. The van der Waals surface area contributed by atoms with Crippen molar-refractivity contribution in [3.05, 3.63) is 20.3 Å². The second-order valence-electron chi connectivity index (χ2n) is 4.62. The second kappa shape index (κ2) is 5.26. The molecular formula is C12H17Cl2NS. The molecule has 1 heterocycles. The molecule has 90 valence electrons. The van der Waals surface area contributed by atoms with Crippen LogP contribution in [0, 0.1) is 11.8 Å². The molecule has 1 saturated carbocycles. The summed E-state index contributed by atoms with van der Waals surface area (Å²) in [5, 5.41) is 3.41. The Bertz CT molecular complexity index is 364. The normalized spacial score (nSPS) is 27.2.